The third kappa shape index (κ3) is 3.64. The van der Waals surface area contributed by atoms with Crippen LogP contribution in [0.5, 0.6) is 11.5 Å². The van der Waals surface area contributed by atoms with E-state index in [1.165, 1.54) is 19.2 Å². The number of hydrogen-bond acceptors (Lipinski definition) is 6. The van der Waals surface area contributed by atoms with E-state index in [0.29, 0.717) is 36.8 Å². The van der Waals surface area contributed by atoms with Gasteiger partial charge in [0, 0.05) is 13.2 Å². The van der Waals surface area contributed by atoms with Crippen LogP contribution in [0.15, 0.2) is 45.6 Å². The van der Waals surface area contributed by atoms with Gasteiger partial charge < -0.3 is 23.5 Å². The first-order valence-electron chi connectivity index (χ1n) is 11.0. The predicted octanol–water partition coefficient (Wildman–Crippen LogP) is 4.06. The highest BCUT2D eigenvalue weighted by molar-refractivity contribution is 5.99. The number of halogens is 1. The standard InChI is InChI=1S/C25H24FNO6/c1-3-31-19-8-6-14(11-20(19)30-2)22-21-23(28)17-12-15(26)7-9-18(17)33-24(21)25(29)27(22)13-16-5-4-10-32-16/h6-9,11-12,16,22H,3-5,10,13H2,1-2H3/t16-,22+/m1/s1. The van der Waals surface area contributed by atoms with E-state index in [4.69, 9.17) is 18.6 Å². The molecule has 2 atom stereocenters. The lowest BCUT2D eigenvalue weighted by molar-refractivity contribution is 0.0486. The molecule has 3 aromatic rings. The maximum Gasteiger partial charge on any atom is 0.291 e. The largest absolute Gasteiger partial charge is 0.493 e. The van der Waals surface area contributed by atoms with Crippen molar-refractivity contribution in [1.82, 2.24) is 4.90 Å². The molecule has 2 aliphatic heterocycles. The molecule has 2 aliphatic rings. The molecule has 3 heterocycles. The number of carbonyl (C=O) groups excluding carboxylic acids is 1. The number of carbonyl (C=O) groups is 1. The number of rotatable bonds is 6. The summed E-state index contributed by atoms with van der Waals surface area (Å²) in [5, 5.41) is 0.100. The van der Waals surface area contributed by atoms with Crippen molar-refractivity contribution in [3.63, 3.8) is 0 Å². The molecule has 0 saturated carbocycles. The highest BCUT2D eigenvalue weighted by atomic mass is 19.1. The van der Waals surface area contributed by atoms with Gasteiger partial charge in [-0.05, 0) is 55.7 Å². The quantitative estimate of drug-likeness (QED) is 0.560. The zero-order chi connectivity index (χ0) is 23.1. The Bertz CT molecular complexity index is 1280. The topological polar surface area (TPSA) is 78.2 Å². The zero-order valence-electron chi connectivity index (χ0n) is 18.4. The van der Waals surface area contributed by atoms with Crippen LogP contribution in [-0.2, 0) is 4.74 Å². The first-order valence-corrected chi connectivity index (χ1v) is 11.0. The van der Waals surface area contributed by atoms with Crippen LogP contribution in [0.3, 0.4) is 0 Å². The third-order valence-corrected chi connectivity index (χ3v) is 6.16. The molecule has 1 amide bonds. The molecule has 2 aromatic carbocycles. The van der Waals surface area contributed by atoms with Crippen molar-refractivity contribution in [3.8, 4) is 11.5 Å². The molecule has 0 aliphatic carbocycles. The fraction of sp³-hybridized carbons (Fsp3) is 0.360. The summed E-state index contributed by atoms with van der Waals surface area (Å²) in [6.45, 7) is 3.29. The molecule has 1 aromatic heterocycles. The fourth-order valence-electron chi connectivity index (χ4n) is 4.66. The first kappa shape index (κ1) is 21.5. The van der Waals surface area contributed by atoms with Crippen LogP contribution in [0.1, 0.15) is 47.5 Å². The lowest BCUT2D eigenvalue weighted by atomic mass is 9.97. The maximum absolute atomic E-state index is 13.9. The van der Waals surface area contributed by atoms with E-state index >= 15 is 0 Å². The van der Waals surface area contributed by atoms with E-state index in [1.54, 1.807) is 23.1 Å². The van der Waals surface area contributed by atoms with E-state index in [9.17, 15) is 14.0 Å². The van der Waals surface area contributed by atoms with Gasteiger partial charge in [-0.15, -0.1) is 0 Å². The van der Waals surface area contributed by atoms with Crippen LogP contribution in [0.4, 0.5) is 4.39 Å². The Morgan fingerprint density at radius 3 is 2.73 bits per heavy atom. The summed E-state index contributed by atoms with van der Waals surface area (Å²) in [4.78, 5) is 28.6. The van der Waals surface area contributed by atoms with Crippen molar-refractivity contribution in [1.29, 1.82) is 0 Å². The summed E-state index contributed by atoms with van der Waals surface area (Å²) in [7, 11) is 1.53. The molecule has 1 fully saturated rings. The summed E-state index contributed by atoms with van der Waals surface area (Å²) in [5.41, 5.74) is 0.619. The second-order valence-corrected chi connectivity index (χ2v) is 8.15. The number of methoxy groups -OCH3 is 1. The van der Waals surface area contributed by atoms with E-state index < -0.39 is 17.3 Å². The molecular formula is C25H24FNO6. The van der Waals surface area contributed by atoms with Gasteiger partial charge in [0.2, 0.25) is 5.76 Å². The molecule has 8 heteroatoms. The minimum absolute atomic E-state index is 0.0186. The molecule has 0 N–H and O–H groups in total. The molecule has 0 bridgehead atoms. The Kier molecular flexibility index (Phi) is 5.54. The molecule has 0 spiro atoms. The van der Waals surface area contributed by atoms with Gasteiger partial charge in [0.25, 0.3) is 5.91 Å². The molecule has 7 nitrogen and oxygen atoms in total. The van der Waals surface area contributed by atoms with Crippen LogP contribution >= 0.6 is 0 Å². The van der Waals surface area contributed by atoms with Gasteiger partial charge in [-0.3, -0.25) is 9.59 Å². The minimum atomic E-state index is -0.717. The third-order valence-electron chi connectivity index (χ3n) is 6.16. The number of benzene rings is 2. The summed E-state index contributed by atoms with van der Waals surface area (Å²) in [5.74, 6) is 0.0985. The Balaban J connectivity index is 1.69. The normalized spacial score (nSPS) is 19.8. The van der Waals surface area contributed by atoms with Crippen LogP contribution in [0.2, 0.25) is 0 Å². The number of ether oxygens (including phenoxy) is 3. The molecular weight excluding hydrogens is 429 g/mol. The molecule has 172 valence electrons. The number of fused-ring (bicyclic) bond motifs is 2. The number of nitrogens with zero attached hydrogens (tertiary/aromatic N) is 1. The van der Waals surface area contributed by atoms with Crippen molar-refractivity contribution in [2.24, 2.45) is 0 Å². The van der Waals surface area contributed by atoms with E-state index in [2.05, 4.69) is 0 Å². The van der Waals surface area contributed by atoms with Gasteiger partial charge in [0.05, 0.1) is 36.8 Å². The molecule has 0 radical (unpaired) electrons. The number of hydrogen-bond donors (Lipinski definition) is 0. The Labute approximate surface area is 189 Å². The van der Waals surface area contributed by atoms with Crippen LogP contribution in [0.25, 0.3) is 11.0 Å². The lowest BCUT2D eigenvalue weighted by Crippen LogP contribution is -2.36. The summed E-state index contributed by atoms with van der Waals surface area (Å²) in [6, 6.07) is 8.32. The molecule has 1 saturated heterocycles. The smallest absolute Gasteiger partial charge is 0.291 e. The molecule has 0 unspecified atom stereocenters. The van der Waals surface area contributed by atoms with E-state index in [1.807, 2.05) is 6.92 Å². The van der Waals surface area contributed by atoms with Crippen molar-refractivity contribution < 1.29 is 27.8 Å². The van der Waals surface area contributed by atoms with Gasteiger partial charge in [-0.1, -0.05) is 6.07 Å². The SMILES string of the molecule is CCOc1ccc([C@H]2c3c(oc4ccc(F)cc4c3=O)C(=O)N2C[C@H]2CCCO2)cc1OC. The zero-order valence-corrected chi connectivity index (χ0v) is 18.4. The second kappa shape index (κ2) is 8.51. The van der Waals surface area contributed by atoms with E-state index in [-0.39, 0.29) is 34.3 Å². The monoisotopic (exact) mass is 453 g/mol. The van der Waals surface area contributed by atoms with Gasteiger partial charge >= 0.3 is 0 Å². The average Bonchev–Trinajstić information content (AvgIpc) is 3.42. The van der Waals surface area contributed by atoms with Crippen molar-refractivity contribution in [2.45, 2.75) is 31.9 Å². The van der Waals surface area contributed by atoms with Crippen LogP contribution < -0.4 is 14.9 Å². The van der Waals surface area contributed by atoms with Gasteiger partial charge in [0.15, 0.2) is 16.9 Å². The molecule has 5 rings (SSSR count). The Morgan fingerprint density at radius 2 is 2.00 bits per heavy atom. The van der Waals surface area contributed by atoms with Gasteiger partial charge in [-0.2, -0.15) is 0 Å². The highest BCUT2D eigenvalue weighted by Gasteiger charge is 2.44. The average molecular weight is 453 g/mol. The maximum atomic E-state index is 13.9. The van der Waals surface area contributed by atoms with Crippen LogP contribution in [0, 0.1) is 5.82 Å². The number of amides is 1. The molecule has 33 heavy (non-hydrogen) atoms. The van der Waals surface area contributed by atoms with Crippen molar-refractivity contribution in [3.05, 3.63) is 69.3 Å². The first-order chi connectivity index (χ1) is 16.0. The minimum Gasteiger partial charge on any atom is -0.493 e. The lowest BCUT2D eigenvalue weighted by Gasteiger charge is -2.28. The summed E-state index contributed by atoms with van der Waals surface area (Å²) >= 11 is 0. The van der Waals surface area contributed by atoms with Crippen LogP contribution in [-0.4, -0.2) is 43.8 Å². The van der Waals surface area contributed by atoms with Crippen molar-refractivity contribution >= 4 is 16.9 Å². The summed E-state index contributed by atoms with van der Waals surface area (Å²) in [6.07, 6.45) is 1.62. The summed E-state index contributed by atoms with van der Waals surface area (Å²) < 4.78 is 36.7. The van der Waals surface area contributed by atoms with Gasteiger partial charge in [-0.25, -0.2) is 4.39 Å². The second-order valence-electron chi connectivity index (χ2n) is 8.15. The Hall–Kier alpha value is -3.39. The fourth-order valence-corrected chi connectivity index (χ4v) is 4.66. The van der Waals surface area contributed by atoms with Gasteiger partial charge in [0.1, 0.15) is 11.4 Å². The predicted molar refractivity (Wildman–Crippen MR) is 118 cm³/mol. The van der Waals surface area contributed by atoms with Crippen molar-refractivity contribution in [2.75, 3.05) is 26.9 Å². The highest BCUT2D eigenvalue weighted by Crippen LogP contribution is 2.41. The Morgan fingerprint density at radius 1 is 1.15 bits per heavy atom. The van der Waals surface area contributed by atoms with E-state index in [0.717, 1.165) is 18.9 Å².